The van der Waals surface area contributed by atoms with Crippen molar-refractivity contribution >= 4 is 16.9 Å². The minimum Gasteiger partial charge on any atom is -0.391 e. The molecule has 2 fully saturated rings. The van der Waals surface area contributed by atoms with Crippen molar-refractivity contribution in [3.63, 3.8) is 0 Å². The third kappa shape index (κ3) is 3.69. The van der Waals surface area contributed by atoms with E-state index < -0.39 is 0 Å². The molecule has 1 aliphatic carbocycles. The number of nitrogens with zero attached hydrogens (tertiary/aromatic N) is 4. The molecule has 0 spiro atoms. The number of aryl methyl sites for hydroxylation is 2. The van der Waals surface area contributed by atoms with Crippen LogP contribution in [0, 0.1) is 13.8 Å². The van der Waals surface area contributed by atoms with Crippen LogP contribution in [-0.2, 0) is 0 Å². The van der Waals surface area contributed by atoms with Crippen molar-refractivity contribution in [2.75, 3.05) is 26.2 Å². The van der Waals surface area contributed by atoms with Crippen LogP contribution in [0.4, 0.5) is 0 Å². The van der Waals surface area contributed by atoms with E-state index in [1.165, 1.54) is 6.42 Å². The van der Waals surface area contributed by atoms with Crippen LogP contribution in [0.2, 0.25) is 0 Å². The SMILES string of the molecule is Cc1nc2ccc(C(=O)N3CCN([C@H]4CCCC[C@@H]4O)CC3)cc2nc1C. The minimum atomic E-state index is -0.216. The van der Waals surface area contributed by atoms with Gasteiger partial charge in [0.1, 0.15) is 0 Å². The second kappa shape index (κ2) is 7.52. The molecular weight excluding hydrogens is 340 g/mol. The first-order chi connectivity index (χ1) is 13.0. The van der Waals surface area contributed by atoms with Crippen molar-refractivity contribution in [3.8, 4) is 0 Å². The summed E-state index contributed by atoms with van der Waals surface area (Å²) >= 11 is 0. The smallest absolute Gasteiger partial charge is 0.254 e. The molecule has 0 radical (unpaired) electrons. The van der Waals surface area contributed by atoms with Crippen molar-refractivity contribution in [3.05, 3.63) is 35.2 Å². The van der Waals surface area contributed by atoms with Crippen molar-refractivity contribution < 1.29 is 9.90 Å². The number of aromatic nitrogens is 2. The van der Waals surface area contributed by atoms with E-state index in [-0.39, 0.29) is 18.1 Å². The van der Waals surface area contributed by atoms with E-state index in [9.17, 15) is 9.90 Å². The fourth-order valence-electron chi connectivity index (χ4n) is 4.32. The van der Waals surface area contributed by atoms with E-state index in [1.807, 2.05) is 36.9 Å². The Morgan fingerprint density at radius 2 is 1.67 bits per heavy atom. The van der Waals surface area contributed by atoms with Gasteiger partial charge >= 0.3 is 0 Å². The number of fused-ring (bicyclic) bond motifs is 1. The highest BCUT2D eigenvalue weighted by atomic mass is 16.3. The molecule has 0 bridgehead atoms. The normalized spacial score (nSPS) is 24.3. The summed E-state index contributed by atoms with van der Waals surface area (Å²) in [6, 6.07) is 5.86. The Labute approximate surface area is 160 Å². The lowest BCUT2D eigenvalue weighted by Crippen LogP contribution is -2.55. The summed E-state index contributed by atoms with van der Waals surface area (Å²) in [4.78, 5) is 26.4. The first kappa shape index (κ1) is 18.3. The van der Waals surface area contributed by atoms with Crippen LogP contribution < -0.4 is 0 Å². The maximum atomic E-state index is 13.0. The fraction of sp³-hybridized carbons (Fsp3) is 0.571. The highest BCUT2D eigenvalue weighted by Gasteiger charge is 2.32. The van der Waals surface area contributed by atoms with Crippen LogP contribution in [0.5, 0.6) is 0 Å². The Hall–Kier alpha value is -2.05. The van der Waals surface area contributed by atoms with Gasteiger partial charge in [0.05, 0.1) is 28.5 Å². The second-order valence-electron chi connectivity index (χ2n) is 7.85. The molecule has 2 heterocycles. The van der Waals surface area contributed by atoms with E-state index in [1.54, 1.807) is 0 Å². The van der Waals surface area contributed by atoms with Crippen molar-refractivity contribution in [1.29, 1.82) is 0 Å². The van der Waals surface area contributed by atoms with E-state index in [2.05, 4.69) is 14.9 Å². The molecule has 1 saturated carbocycles. The van der Waals surface area contributed by atoms with E-state index in [4.69, 9.17) is 0 Å². The van der Waals surface area contributed by atoms with E-state index in [0.29, 0.717) is 18.7 Å². The molecule has 27 heavy (non-hydrogen) atoms. The number of aliphatic hydroxyl groups excluding tert-OH is 1. The summed E-state index contributed by atoms with van der Waals surface area (Å²) in [5.41, 5.74) is 4.08. The lowest BCUT2D eigenvalue weighted by molar-refractivity contribution is -0.00172. The van der Waals surface area contributed by atoms with Gasteiger partial charge in [-0.25, -0.2) is 9.97 Å². The van der Waals surface area contributed by atoms with Gasteiger partial charge < -0.3 is 10.0 Å². The molecule has 1 saturated heterocycles. The van der Waals surface area contributed by atoms with Gasteiger partial charge in [0.25, 0.3) is 5.91 Å². The molecule has 1 N–H and O–H groups in total. The standard InChI is InChI=1S/C21H28N4O2/c1-14-15(2)23-18-13-16(7-8-17(18)22-14)21(27)25-11-9-24(10-12-25)19-5-3-4-6-20(19)26/h7-8,13,19-20,26H,3-6,9-12H2,1-2H3/t19-,20-/m0/s1. The summed E-state index contributed by atoms with van der Waals surface area (Å²) in [6.45, 7) is 6.97. The van der Waals surface area contributed by atoms with Gasteiger partial charge in [0.2, 0.25) is 0 Å². The molecule has 6 heteroatoms. The Balaban J connectivity index is 1.44. The summed E-state index contributed by atoms with van der Waals surface area (Å²) in [6.07, 6.45) is 4.07. The minimum absolute atomic E-state index is 0.0563. The first-order valence-electron chi connectivity index (χ1n) is 9.99. The zero-order valence-corrected chi connectivity index (χ0v) is 16.2. The molecule has 6 nitrogen and oxygen atoms in total. The number of rotatable bonds is 2. The number of benzene rings is 1. The zero-order valence-electron chi connectivity index (χ0n) is 16.2. The number of carbonyl (C=O) groups excluding carboxylic acids is 1. The molecule has 1 aliphatic heterocycles. The number of piperazine rings is 1. The number of carbonyl (C=O) groups is 1. The van der Waals surface area contributed by atoms with Crippen LogP contribution >= 0.6 is 0 Å². The van der Waals surface area contributed by atoms with Crippen molar-refractivity contribution in [2.45, 2.75) is 51.7 Å². The molecule has 1 aromatic carbocycles. The van der Waals surface area contributed by atoms with E-state index in [0.717, 1.165) is 54.8 Å². The topological polar surface area (TPSA) is 69.6 Å². The van der Waals surface area contributed by atoms with Crippen LogP contribution in [0.15, 0.2) is 18.2 Å². The molecule has 2 aromatic rings. The molecule has 4 rings (SSSR count). The fourth-order valence-corrected chi connectivity index (χ4v) is 4.32. The van der Waals surface area contributed by atoms with E-state index >= 15 is 0 Å². The van der Waals surface area contributed by atoms with Crippen molar-refractivity contribution in [1.82, 2.24) is 19.8 Å². The van der Waals surface area contributed by atoms with Gasteiger partial charge in [-0.3, -0.25) is 9.69 Å². The number of hydrogen-bond acceptors (Lipinski definition) is 5. The largest absolute Gasteiger partial charge is 0.391 e. The lowest BCUT2D eigenvalue weighted by atomic mass is 9.91. The van der Waals surface area contributed by atoms with Gasteiger partial charge in [-0.1, -0.05) is 12.8 Å². The van der Waals surface area contributed by atoms with Gasteiger partial charge in [-0.15, -0.1) is 0 Å². The molecule has 1 aromatic heterocycles. The maximum absolute atomic E-state index is 13.0. The van der Waals surface area contributed by atoms with Crippen molar-refractivity contribution in [2.24, 2.45) is 0 Å². The van der Waals surface area contributed by atoms with Gasteiger partial charge in [-0.2, -0.15) is 0 Å². The van der Waals surface area contributed by atoms with Crippen LogP contribution in [0.25, 0.3) is 11.0 Å². The maximum Gasteiger partial charge on any atom is 0.254 e. The highest BCUT2D eigenvalue weighted by Crippen LogP contribution is 2.24. The Kier molecular flexibility index (Phi) is 5.10. The lowest BCUT2D eigenvalue weighted by Gasteiger charge is -2.42. The van der Waals surface area contributed by atoms with Gasteiger partial charge in [0.15, 0.2) is 0 Å². The van der Waals surface area contributed by atoms with Crippen LogP contribution in [0.1, 0.15) is 47.4 Å². The average molecular weight is 368 g/mol. The Morgan fingerprint density at radius 1 is 1.00 bits per heavy atom. The first-order valence-corrected chi connectivity index (χ1v) is 9.99. The molecule has 0 unspecified atom stereocenters. The third-order valence-electron chi connectivity index (χ3n) is 6.09. The summed E-state index contributed by atoms with van der Waals surface area (Å²) < 4.78 is 0. The number of hydrogen-bond donors (Lipinski definition) is 1. The number of aliphatic hydroxyl groups is 1. The zero-order chi connectivity index (χ0) is 19.0. The van der Waals surface area contributed by atoms with Gasteiger partial charge in [-0.05, 0) is 44.9 Å². The number of amides is 1. The predicted molar refractivity (Wildman–Crippen MR) is 105 cm³/mol. The second-order valence-corrected chi connectivity index (χ2v) is 7.85. The Bertz CT molecular complexity index is 845. The predicted octanol–water partition coefficient (Wildman–Crippen LogP) is 2.31. The molecule has 2 atom stereocenters. The average Bonchev–Trinajstić information content (AvgIpc) is 2.68. The molecule has 2 aliphatic rings. The molecule has 144 valence electrons. The molecule has 1 amide bonds. The summed E-state index contributed by atoms with van der Waals surface area (Å²) in [5, 5.41) is 10.3. The van der Waals surface area contributed by atoms with Crippen LogP contribution in [0.3, 0.4) is 0 Å². The highest BCUT2D eigenvalue weighted by molar-refractivity contribution is 5.97. The third-order valence-corrected chi connectivity index (χ3v) is 6.09. The molecular formula is C21H28N4O2. The quantitative estimate of drug-likeness (QED) is 0.881. The summed E-state index contributed by atoms with van der Waals surface area (Å²) in [7, 11) is 0. The monoisotopic (exact) mass is 368 g/mol. The van der Waals surface area contributed by atoms with Gasteiger partial charge in [0, 0.05) is 37.8 Å². The Morgan fingerprint density at radius 3 is 2.37 bits per heavy atom. The summed E-state index contributed by atoms with van der Waals surface area (Å²) in [5.74, 6) is 0.0563. The van der Waals surface area contributed by atoms with Crippen LogP contribution in [-0.4, -0.2) is 69.1 Å².